The Morgan fingerprint density at radius 1 is 1.47 bits per heavy atom. The van der Waals surface area contributed by atoms with Crippen LogP contribution < -0.4 is 5.32 Å². The summed E-state index contributed by atoms with van der Waals surface area (Å²) in [6.45, 7) is 4.72. The second kappa shape index (κ2) is 4.86. The Morgan fingerprint density at radius 2 is 2.41 bits per heavy atom. The van der Waals surface area contributed by atoms with E-state index in [9.17, 15) is 0 Å². The van der Waals surface area contributed by atoms with Crippen LogP contribution >= 0.6 is 22.7 Å². The number of aryl methyl sites for hydroxylation is 1. The van der Waals surface area contributed by atoms with E-state index in [-0.39, 0.29) is 6.10 Å². The second-order valence-electron chi connectivity index (χ2n) is 4.07. The molecule has 3 rings (SSSR count). The number of thiazole rings is 1. The van der Waals surface area contributed by atoms with Gasteiger partial charge in [0.15, 0.2) is 0 Å². The van der Waals surface area contributed by atoms with Crippen LogP contribution in [0.25, 0.3) is 10.6 Å². The molecule has 0 saturated carbocycles. The number of ether oxygens (including phenoxy) is 1. The van der Waals surface area contributed by atoms with Gasteiger partial charge in [0.2, 0.25) is 0 Å². The molecule has 1 saturated heterocycles. The van der Waals surface area contributed by atoms with Crippen LogP contribution in [-0.2, 0) is 4.74 Å². The summed E-state index contributed by atoms with van der Waals surface area (Å²) in [7, 11) is 0. The molecule has 3 nitrogen and oxygen atoms in total. The average molecular weight is 266 g/mol. The van der Waals surface area contributed by atoms with Gasteiger partial charge in [-0.05, 0) is 23.9 Å². The third-order valence-electron chi connectivity index (χ3n) is 2.82. The van der Waals surface area contributed by atoms with Gasteiger partial charge in [0.05, 0.1) is 17.2 Å². The fourth-order valence-electron chi connectivity index (χ4n) is 1.90. The maximum atomic E-state index is 5.71. The van der Waals surface area contributed by atoms with Crippen LogP contribution in [0.2, 0.25) is 0 Å². The Morgan fingerprint density at radius 3 is 3.12 bits per heavy atom. The molecule has 1 N–H and O–H groups in total. The predicted octanol–water partition coefficient (Wildman–Crippen LogP) is 2.84. The van der Waals surface area contributed by atoms with Gasteiger partial charge in [-0.15, -0.1) is 22.7 Å². The first-order valence-corrected chi connectivity index (χ1v) is 7.43. The number of aromatic nitrogens is 1. The van der Waals surface area contributed by atoms with Crippen molar-refractivity contribution in [2.75, 3.05) is 19.7 Å². The highest BCUT2D eigenvalue weighted by molar-refractivity contribution is 7.14. The maximum absolute atomic E-state index is 5.71. The molecular formula is C12H14N2OS2. The first kappa shape index (κ1) is 11.3. The highest BCUT2D eigenvalue weighted by Crippen LogP contribution is 2.32. The SMILES string of the molecule is Cc1ccsc1-c1csc(C2CNCCO2)n1. The normalized spacial score (nSPS) is 20.6. The lowest BCUT2D eigenvalue weighted by Crippen LogP contribution is -2.33. The Hall–Kier alpha value is -0.750. The number of hydrogen-bond donors (Lipinski definition) is 1. The van der Waals surface area contributed by atoms with Crippen molar-refractivity contribution in [3.8, 4) is 10.6 Å². The molecule has 2 aromatic rings. The molecule has 1 aliphatic rings. The number of nitrogens with zero attached hydrogens (tertiary/aromatic N) is 1. The highest BCUT2D eigenvalue weighted by Gasteiger charge is 2.19. The van der Waals surface area contributed by atoms with Crippen LogP contribution in [-0.4, -0.2) is 24.7 Å². The zero-order valence-electron chi connectivity index (χ0n) is 9.60. The van der Waals surface area contributed by atoms with Gasteiger partial charge in [-0.1, -0.05) is 0 Å². The van der Waals surface area contributed by atoms with Gasteiger partial charge in [0.25, 0.3) is 0 Å². The summed E-state index contributed by atoms with van der Waals surface area (Å²) in [5.74, 6) is 0. The number of rotatable bonds is 2. The summed E-state index contributed by atoms with van der Waals surface area (Å²) in [6.07, 6.45) is 0.128. The van der Waals surface area contributed by atoms with Gasteiger partial charge in [-0.25, -0.2) is 4.98 Å². The largest absolute Gasteiger partial charge is 0.368 e. The summed E-state index contributed by atoms with van der Waals surface area (Å²) in [6, 6.07) is 2.14. The Kier molecular flexibility index (Phi) is 3.24. The third-order valence-corrected chi connectivity index (χ3v) is 4.80. The van der Waals surface area contributed by atoms with Gasteiger partial charge >= 0.3 is 0 Å². The van der Waals surface area contributed by atoms with E-state index in [0.717, 1.165) is 30.4 Å². The lowest BCUT2D eigenvalue weighted by Gasteiger charge is -2.21. The van der Waals surface area contributed by atoms with Crippen molar-refractivity contribution in [3.63, 3.8) is 0 Å². The number of thiophene rings is 1. The molecular weight excluding hydrogens is 252 g/mol. The van der Waals surface area contributed by atoms with Crippen LogP contribution in [0.3, 0.4) is 0 Å². The van der Waals surface area contributed by atoms with E-state index in [4.69, 9.17) is 9.72 Å². The summed E-state index contributed by atoms with van der Waals surface area (Å²) in [5.41, 5.74) is 2.39. The maximum Gasteiger partial charge on any atom is 0.124 e. The first-order valence-electron chi connectivity index (χ1n) is 5.67. The van der Waals surface area contributed by atoms with Crippen LogP contribution in [0.1, 0.15) is 16.7 Å². The standard InChI is InChI=1S/C12H14N2OS2/c1-8-2-5-16-11(8)9-7-17-12(14-9)10-6-13-3-4-15-10/h2,5,7,10,13H,3-4,6H2,1H3. The predicted molar refractivity (Wildman–Crippen MR) is 71.7 cm³/mol. The molecule has 1 fully saturated rings. The second-order valence-corrected chi connectivity index (χ2v) is 5.87. The molecule has 17 heavy (non-hydrogen) atoms. The number of hydrogen-bond acceptors (Lipinski definition) is 5. The van der Waals surface area contributed by atoms with Crippen LogP contribution in [0.15, 0.2) is 16.8 Å². The van der Waals surface area contributed by atoms with E-state index in [1.165, 1.54) is 10.4 Å². The molecule has 3 heterocycles. The van der Waals surface area contributed by atoms with Gasteiger partial charge in [-0.2, -0.15) is 0 Å². The molecule has 2 aromatic heterocycles. The molecule has 0 aromatic carbocycles. The summed E-state index contributed by atoms with van der Waals surface area (Å²) < 4.78 is 5.71. The molecule has 0 spiro atoms. The Labute approximate surface area is 108 Å². The van der Waals surface area contributed by atoms with Crippen molar-refractivity contribution in [2.45, 2.75) is 13.0 Å². The van der Waals surface area contributed by atoms with E-state index in [2.05, 4.69) is 29.1 Å². The lowest BCUT2D eigenvalue weighted by molar-refractivity contribution is 0.0276. The minimum atomic E-state index is 0.128. The monoisotopic (exact) mass is 266 g/mol. The van der Waals surface area contributed by atoms with Crippen molar-refractivity contribution in [2.24, 2.45) is 0 Å². The lowest BCUT2D eigenvalue weighted by atomic mass is 10.2. The molecule has 1 atom stereocenters. The topological polar surface area (TPSA) is 34.1 Å². The minimum Gasteiger partial charge on any atom is -0.368 e. The molecule has 90 valence electrons. The van der Waals surface area contributed by atoms with E-state index < -0.39 is 0 Å². The van der Waals surface area contributed by atoms with Gasteiger partial charge in [0.1, 0.15) is 11.1 Å². The van der Waals surface area contributed by atoms with Gasteiger partial charge in [-0.3, -0.25) is 0 Å². The summed E-state index contributed by atoms with van der Waals surface area (Å²) in [4.78, 5) is 5.98. The van der Waals surface area contributed by atoms with E-state index in [1.54, 1.807) is 22.7 Å². The molecule has 0 bridgehead atoms. The van der Waals surface area contributed by atoms with Gasteiger partial charge in [0, 0.05) is 18.5 Å². The zero-order valence-corrected chi connectivity index (χ0v) is 11.2. The van der Waals surface area contributed by atoms with Crippen LogP contribution in [0, 0.1) is 6.92 Å². The van der Waals surface area contributed by atoms with Crippen molar-refractivity contribution < 1.29 is 4.74 Å². The minimum absolute atomic E-state index is 0.128. The molecule has 5 heteroatoms. The van der Waals surface area contributed by atoms with Crippen LogP contribution in [0.4, 0.5) is 0 Å². The molecule has 1 unspecified atom stereocenters. The summed E-state index contributed by atoms with van der Waals surface area (Å²) >= 11 is 3.44. The smallest absolute Gasteiger partial charge is 0.124 e. The molecule has 0 radical (unpaired) electrons. The zero-order chi connectivity index (χ0) is 11.7. The Balaban J connectivity index is 1.85. The molecule has 0 amide bonds. The van der Waals surface area contributed by atoms with Crippen molar-refractivity contribution in [3.05, 3.63) is 27.4 Å². The number of nitrogens with one attached hydrogen (secondary N) is 1. The first-order chi connectivity index (χ1) is 8.34. The highest BCUT2D eigenvalue weighted by atomic mass is 32.1. The van der Waals surface area contributed by atoms with E-state index >= 15 is 0 Å². The van der Waals surface area contributed by atoms with E-state index in [1.807, 2.05) is 0 Å². The Bertz CT molecular complexity index is 500. The third kappa shape index (κ3) is 2.28. The van der Waals surface area contributed by atoms with E-state index in [0.29, 0.717) is 0 Å². The fourth-order valence-corrected chi connectivity index (χ4v) is 3.72. The quantitative estimate of drug-likeness (QED) is 0.907. The van der Waals surface area contributed by atoms with Crippen LogP contribution in [0.5, 0.6) is 0 Å². The van der Waals surface area contributed by atoms with Crippen molar-refractivity contribution in [1.29, 1.82) is 0 Å². The van der Waals surface area contributed by atoms with Gasteiger partial charge < -0.3 is 10.1 Å². The molecule has 1 aliphatic heterocycles. The number of morpholine rings is 1. The summed E-state index contributed by atoms with van der Waals surface area (Å²) in [5, 5.41) is 8.66. The fraction of sp³-hybridized carbons (Fsp3) is 0.417. The van der Waals surface area contributed by atoms with Crippen molar-refractivity contribution in [1.82, 2.24) is 10.3 Å². The average Bonchev–Trinajstić information content (AvgIpc) is 2.98. The molecule has 0 aliphatic carbocycles. The van der Waals surface area contributed by atoms with Crippen molar-refractivity contribution >= 4 is 22.7 Å².